The number of hydrogen-bond acceptors (Lipinski definition) is 0. The van der Waals surface area contributed by atoms with Crippen LogP contribution in [0.1, 0.15) is 200 Å². The first-order chi connectivity index (χ1) is 17.2. The van der Waals surface area contributed by atoms with Gasteiger partial charge in [-0.25, -0.2) is 9.55 Å². The lowest BCUT2D eigenvalue weighted by Gasteiger charge is -2.15. The van der Waals surface area contributed by atoms with Crippen molar-refractivity contribution in [3.63, 3.8) is 0 Å². The fourth-order valence-electron chi connectivity index (χ4n) is 5.66. The van der Waals surface area contributed by atoms with E-state index in [-0.39, 0.29) is 0 Å². The molecule has 1 aromatic heterocycles. The van der Waals surface area contributed by atoms with Crippen LogP contribution in [0, 0.1) is 0 Å². The first kappa shape index (κ1) is 32.2. The van der Waals surface area contributed by atoms with Crippen LogP contribution in [0.5, 0.6) is 0 Å². The quantitative estimate of drug-likeness (QED) is 0.0985. The summed E-state index contributed by atoms with van der Waals surface area (Å²) in [5.74, 6) is 2.20. The van der Waals surface area contributed by atoms with Gasteiger partial charge < -0.3 is 0 Å². The number of nitrogens with one attached hydrogen (secondary N) is 1. The SMILES string of the molecule is CCCCCCCCCCCCCCCCC[C@H](CCCCCCCCC)c1[nH]cc[n+]1C(C)C. The zero-order chi connectivity index (χ0) is 25.4. The highest BCUT2D eigenvalue weighted by atomic mass is 15.1. The molecule has 1 aromatic rings. The highest BCUT2D eigenvalue weighted by Gasteiger charge is 2.23. The van der Waals surface area contributed by atoms with Gasteiger partial charge in [0.2, 0.25) is 0 Å². The van der Waals surface area contributed by atoms with Crippen molar-refractivity contribution in [3.05, 3.63) is 18.2 Å². The molecule has 2 heteroatoms. The van der Waals surface area contributed by atoms with Crippen LogP contribution in [0.2, 0.25) is 0 Å². The van der Waals surface area contributed by atoms with E-state index in [4.69, 9.17) is 0 Å². The molecule has 206 valence electrons. The molecule has 1 N–H and O–H groups in total. The predicted molar refractivity (Wildman–Crippen MR) is 156 cm³/mol. The van der Waals surface area contributed by atoms with Crippen molar-refractivity contribution in [1.82, 2.24) is 4.98 Å². The van der Waals surface area contributed by atoms with Crippen LogP contribution in [-0.4, -0.2) is 4.98 Å². The van der Waals surface area contributed by atoms with Crippen LogP contribution in [0.25, 0.3) is 0 Å². The lowest BCUT2D eigenvalue weighted by atomic mass is 9.93. The topological polar surface area (TPSA) is 19.7 Å². The van der Waals surface area contributed by atoms with Gasteiger partial charge in [0, 0.05) is 0 Å². The van der Waals surface area contributed by atoms with E-state index in [0.29, 0.717) is 12.0 Å². The number of aromatic nitrogens is 2. The van der Waals surface area contributed by atoms with Crippen molar-refractivity contribution in [2.45, 2.75) is 194 Å². The minimum Gasteiger partial charge on any atom is -0.247 e. The molecule has 0 unspecified atom stereocenters. The second kappa shape index (κ2) is 23.6. The summed E-state index contributed by atoms with van der Waals surface area (Å²) in [7, 11) is 0. The van der Waals surface area contributed by atoms with Gasteiger partial charge in [0.25, 0.3) is 5.82 Å². The number of aromatic amines is 1. The van der Waals surface area contributed by atoms with E-state index in [1.54, 1.807) is 0 Å². The molecule has 0 aromatic carbocycles. The van der Waals surface area contributed by atoms with Gasteiger partial charge in [0.15, 0.2) is 0 Å². The maximum absolute atomic E-state index is 3.62. The van der Waals surface area contributed by atoms with Gasteiger partial charge in [-0.2, -0.15) is 0 Å². The Morgan fingerprint density at radius 2 is 0.886 bits per heavy atom. The molecule has 0 bridgehead atoms. The molecule has 0 saturated heterocycles. The van der Waals surface area contributed by atoms with Gasteiger partial charge in [-0.3, -0.25) is 0 Å². The zero-order valence-electron chi connectivity index (χ0n) is 24.7. The molecular formula is C33H65N2+. The van der Waals surface area contributed by atoms with Crippen molar-refractivity contribution >= 4 is 0 Å². The van der Waals surface area contributed by atoms with Crippen molar-refractivity contribution in [2.75, 3.05) is 0 Å². The van der Waals surface area contributed by atoms with Crippen molar-refractivity contribution in [3.8, 4) is 0 Å². The lowest BCUT2D eigenvalue weighted by Crippen LogP contribution is -2.39. The minimum atomic E-state index is 0.550. The first-order valence-electron chi connectivity index (χ1n) is 16.3. The standard InChI is InChI=1S/C33H64N2/c1-5-7-9-11-13-14-15-16-17-18-19-20-22-24-26-28-32(27-25-23-21-12-10-8-6-2)33-34-29-30-35(33)31(3)4/h29-32H,5-28H2,1-4H3/p+1/t32-/m0/s1. The number of imidazole rings is 1. The Balaban J connectivity index is 2.14. The normalized spacial score (nSPS) is 12.6. The molecule has 0 aliphatic carbocycles. The van der Waals surface area contributed by atoms with E-state index in [0.717, 1.165) is 0 Å². The Labute approximate surface area is 221 Å². The first-order valence-corrected chi connectivity index (χ1v) is 16.3. The van der Waals surface area contributed by atoms with Gasteiger partial charge >= 0.3 is 0 Å². The smallest absolute Gasteiger partial charge is 0.247 e. The third-order valence-corrected chi connectivity index (χ3v) is 8.00. The summed E-state index contributed by atoms with van der Waals surface area (Å²) in [5.41, 5.74) is 0. The van der Waals surface area contributed by atoms with Crippen LogP contribution in [0.15, 0.2) is 12.4 Å². The number of rotatable bonds is 26. The van der Waals surface area contributed by atoms with E-state index in [1.807, 2.05) is 0 Å². The van der Waals surface area contributed by atoms with Gasteiger partial charge in [-0.05, 0) is 26.7 Å². The molecule has 0 saturated carbocycles. The highest BCUT2D eigenvalue weighted by Crippen LogP contribution is 2.27. The number of nitrogens with zero attached hydrogens (tertiary/aromatic N) is 1. The van der Waals surface area contributed by atoms with Crippen LogP contribution in [-0.2, 0) is 0 Å². The molecule has 1 heterocycles. The predicted octanol–water partition coefficient (Wildman–Crippen LogP) is 11.4. The summed E-state index contributed by atoms with van der Waals surface area (Å²) in [4.78, 5) is 3.62. The summed E-state index contributed by atoms with van der Waals surface area (Å²) < 4.78 is 2.48. The fourth-order valence-corrected chi connectivity index (χ4v) is 5.66. The number of unbranched alkanes of at least 4 members (excludes halogenated alkanes) is 20. The van der Waals surface area contributed by atoms with Crippen molar-refractivity contribution in [1.29, 1.82) is 0 Å². The summed E-state index contributed by atoms with van der Waals surface area (Å²) in [5, 5.41) is 0. The Hall–Kier alpha value is -0.790. The maximum Gasteiger partial charge on any atom is 0.257 e. The van der Waals surface area contributed by atoms with Gasteiger partial charge in [-0.1, -0.05) is 155 Å². The average Bonchev–Trinajstić information content (AvgIpc) is 3.35. The molecule has 1 rings (SSSR count). The Morgan fingerprint density at radius 1 is 0.543 bits per heavy atom. The lowest BCUT2D eigenvalue weighted by molar-refractivity contribution is -0.723. The third kappa shape index (κ3) is 17.3. The summed E-state index contributed by atoms with van der Waals surface area (Å²) >= 11 is 0. The zero-order valence-corrected chi connectivity index (χ0v) is 24.7. The third-order valence-electron chi connectivity index (χ3n) is 8.00. The van der Waals surface area contributed by atoms with Crippen molar-refractivity contribution < 1.29 is 4.57 Å². The molecule has 0 fully saturated rings. The molecule has 0 amide bonds. The molecule has 0 radical (unpaired) electrons. The largest absolute Gasteiger partial charge is 0.257 e. The van der Waals surface area contributed by atoms with Crippen LogP contribution in [0.3, 0.4) is 0 Å². The highest BCUT2D eigenvalue weighted by molar-refractivity contribution is 4.90. The number of H-pyrrole nitrogens is 1. The molecule has 0 spiro atoms. The van der Waals surface area contributed by atoms with Gasteiger partial charge in [0.1, 0.15) is 12.4 Å². The fraction of sp³-hybridized carbons (Fsp3) is 0.909. The maximum atomic E-state index is 3.62. The van der Waals surface area contributed by atoms with E-state index in [1.165, 1.54) is 160 Å². The van der Waals surface area contributed by atoms with Crippen molar-refractivity contribution in [2.24, 2.45) is 0 Å². The molecule has 0 aliphatic rings. The van der Waals surface area contributed by atoms with E-state index < -0.39 is 0 Å². The van der Waals surface area contributed by atoms with E-state index in [2.05, 4.69) is 49.6 Å². The Kier molecular flexibility index (Phi) is 21.7. The summed E-state index contributed by atoms with van der Waals surface area (Å²) in [6.07, 6.45) is 38.7. The molecule has 0 aliphatic heterocycles. The van der Waals surface area contributed by atoms with Gasteiger partial charge in [0.05, 0.1) is 12.0 Å². The second-order valence-electron chi connectivity index (χ2n) is 11.7. The van der Waals surface area contributed by atoms with E-state index in [9.17, 15) is 0 Å². The van der Waals surface area contributed by atoms with E-state index >= 15 is 0 Å². The Bertz CT molecular complexity index is 547. The molecule has 35 heavy (non-hydrogen) atoms. The Morgan fingerprint density at radius 3 is 1.23 bits per heavy atom. The molecule has 2 nitrogen and oxygen atoms in total. The summed E-state index contributed by atoms with van der Waals surface area (Å²) in [6, 6.07) is 0.550. The average molecular weight is 490 g/mol. The number of hydrogen-bond donors (Lipinski definition) is 1. The van der Waals surface area contributed by atoms with Gasteiger partial charge in [-0.15, -0.1) is 0 Å². The second-order valence-corrected chi connectivity index (χ2v) is 11.7. The molecule has 1 atom stereocenters. The monoisotopic (exact) mass is 490 g/mol. The molecular weight excluding hydrogens is 424 g/mol. The van der Waals surface area contributed by atoms with Crippen LogP contribution in [0.4, 0.5) is 0 Å². The van der Waals surface area contributed by atoms with Crippen LogP contribution >= 0.6 is 0 Å². The van der Waals surface area contributed by atoms with Crippen LogP contribution < -0.4 is 4.57 Å². The summed E-state index contributed by atoms with van der Waals surface area (Å²) in [6.45, 7) is 9.24. The minimum absolute atomic E-state index is 0.550.